The summed E-state index contributed by atoms with van der Waals surface area (Å²) in [7, 11) is 2.88. The third kappa shape index (κ3) is 7.05. The van der Waals surface area contributed by atoms with Crippen molar-refractivity contribution in [3.05, 3.63) is 84.0 Å². The summed E-state index contributed by atoms with van der Waals surface area (Å²) in [6, 6.07) is 12.1. The SMILES string of the molecule is C=C(N[C@H](C(=O)N1C[C@@H]2CC[C@@]1(c1nc(-c3ccc(-c4ccc(-c5c[nH]c([C@@]67CC[C@@H](CN6C(=O)[C@@H](NC(=O)OC)C(C)C)C7)n5)c5c4CCCC5)cc3)c[nH]1)C2)C(C)C)OC. The number of methoxy groups -OCH3 is 2. The number of hydrogen-bond acceptors (Lipinski definition) is 8. The monoisotopic (exact) mass is 842 g/mol. The van der Waals surface area contributed by atoms with E-state index in [1.54, 1.807) is 7.11 Å². The van der Waals surface area contributed by atoms with Crippen LogP contribution in [0.4, 0.5) is 4.79 Å². The fourth-order valence-electron chi connectivity index (χ4n) is 11.6. The fourth-order valence-corrected chi connectivity index (χ4v) is 11.6. The van der Waals surface area contributed by atoms with Gasteiger partial charge in [0.25, 0.3) is 0 Å². The van der Waals surface area contributed by atoms with Crippen LogP contribution in [0, 0.1) is 23.7 Å². The second kappa shape index (κ2) is 16.3. The molecule has 4 heterocycles. The molecule has 328 valence electrons. The number of rotatable bonds is 13. The van der Waals surface area contributed by atoms with E-state index < -0.39 is 29.3 Å². The molecule has 2 aliphatic heterocycles. The number of hydrogen-bond donors (Lipinski definition) is 4. The lowest BCUT2D eigenvalue weighted by Gasteiger charge is -2.40. The van der Waals surface area contributed by atoms with Gasteiger partial charge in [-0.05, 0) is 117 Å². The van der Waals surface area contributed by atoms with Crippen LogP contribution in [0.2, 0.25) is 0 Å². The maximum absolute atomic E-state index is 14.1. The molecule has 2 aromatic carbocycles. The Balaban J connectivity index is 0.958. The third-order valence-corrected chi connectivity index (χ3v) is 14.9. The van der Waals surface area contributed by atoms with Crippen LogP contribution in [0.15, 0.2) is 61.3 Å². The lowest BCUT2D eigenvalue weighted by atomic mass is 9.82. The molecule has 2 aromatic heterocycles. The zero-order chi connectivity index (χ0) is 43.5. The third-order valence-electron chi connectivity index (χ3n) is 14.9. The Kier molecular flexibility index (Phi) is 11.0. The summed E-state index contributed by atoms with van der Waals surface area (Å²) in [5, 5.41) is 6.01. The van der Waals surface area contributed by atoms with Crippen molar-refractivity contribution in [3.8, 4) is 33.6 Å². The predicted octanol–water partition coefficient (Wildman–Crippen LogP) is 7.80. The first-order valence-electron chi connectivity index (χ1n) is 22.7. The second-order valence-corrected chi connectivity index (χ2v) is 19.2. The van der Waals surface area contributed by atoms with Crippen molar-refractivity contribution in [3.63, 3.8) is 0 Å². The maximum atomic E-state index is 14.1. The summed E-state index contributed by atoms with van der Waals surface area (Å²) >= 11 is 0. The van der Waals surface area contributed by atoms with Crippen LogP contribution in [0.1, 0.15) is 102 Å². The van der Waals surface area contributed by atoms with E-state index in [0.29, 0.717) is 24.3 Å². The molecule has 4 bridgehead atoms. The molecule has 62 heavy (non-hydrogen) atoms. The molecule has 13 nitrogen and oxygen atoms in total. The summed E-state index contributed by atoms with van der Waals surface area (Å²) in [6.45, 7) is 13.3. The Morgan fingerprint density at radius 1 is 0.710 bits per heavy atom. The number of fused-ring (bicyclic) bond motifs is 5. The largest absolute Gasteiger partial charge is 0.483 e. The van der Waals surface area contributed by atoms with Gasteiger partial charge < -0.3 is 39.9 Å². The van der Waals surface area contributed by atoms with Gasteiger partial charge in [-0.15, -0.1) is 0 Å². The minimum atomic E-state index is -0.679. The van der Waals surface area contributed by atoms with Gasteiger partial charge in [-0.3, -0.25) is 9.59 Å². The number of alkyl carbamates (subject to hydrolysis) is 1. The molecule has 5 aliphatic rings. The normalized spacial score (nSPS) is 24.6. The van der Waals surface area contributed by atoms with Gasteiger partial charge in [-0.2, -0.15) is 0 Å². The van der Waals surface area contributed by atoms with Crippen molar-refractivity contribution in [2.45, 2.75) is 115 Å². The predicted molar refractivity (Wildman–Crippen MR) is 237 cm³/mol. The summed E-state index contributed by atoms with van der Waals surface area (Å²) in [5.74, 6) is 2.89. The van der Waals surface area contributed by atoms with Gasteiger partial charge in [0.1, 0.15) is 34.8 Å². The Labute approximate surface area is 364 Å². The Morgan fingerprint density at radius 2 is 1.21 bits per heavy atom. The molecule has 0 spiro atoms. The van der Waals surface area contributed by atoms with Crippen LogP contribution in [0.25, 0.3) is 33.6 Å². The minimum absolute atomic E-state index is 0.0560. The molecular weight excluding hydrogens is 781 g/mol. The molecule has 3 aliphatic carbocycles. The topological polar surface area (TPSA) is 158 Å². The lowest BCUT2D eigenvalue weighted by molar-refractivity contribution is -0.141. The maximum Gasteiger partial charge on any atom is 0.407 e. The van der Waals surface area contributed by atoms with Crippen molar-refractivity contribution in [1.29, 1.82) is 0 Å². The Hall–Kier alpha value is -5.59. The Bertz CT molecular complexity index is 2370. The molecule has 4 fully saturated rings. The smallest absolute Gasteiger partial charge is 0.407 e. The van der Waals surface area contributed by atoms with Gasteiger partial charge >= 0.3 is 6.09 Å². The van der Waals surface area contributed by atoms with Crippen LogP contribution < -0.4 is 10.6 Å². The van der Waals surface area contributed by atoms with Crippen molar-refractivity contribution in [1.82, 2.24) is 40.4 Å². The van der Waals surface area contributed by atoms with Gasteiger partial charge in [0.2, 0.25) is 11.8 Å². The molecule has 2 saturated heterocycles. The van der Waals surface area contributed by atoms with Gasteiger partial charge in [0.15, 0.2) is 5.88 Å². The van der Waals surface area contributed by atoms with Crippen molar-refractivity contribution < 1.29 is 23.9 Å². The summed E-state index contributed by atoms with van der Waals surface area (Å²) in [4.78, 5) is 62.1. The average molecular weight is 843 g/mol. The highest BCUT2D eigenvalue weighted by Gasteiger charge is 2.58. The van der Waals surface area contributed by atoms with Crippen LogP contribution in [0.5, 0.6) is 0 Å². The first-order valence-corrected chi connectivity index (χ1v) is 22.7. The van der Waals surface area contributed by atoms with Crippen LogP contribution in [-0.4, -0.2) is 87.0 Å². The van der Waals surface area contributed by atoms with E-state index in [9.17, 15) is 14.4 Å². The molecule has 0 unspecified atom stereocenters. The average Bonchev–Trinajstić information content (AvgIpc) is 4.16. The number of imidazole rings is 2. The van der Waals surface area contributed by atoms with E-state index >= 15 is 0 Å². The number of H-pyrrole nitrogens is 2. The van der Waals surface area contributed by atoms with Gasteiger partial charge in [0.05, 0.1) is 25.6 Å². The number of nitrogens with one attached hydrogen (secondary N) is 4. The highest BCUT2D eigenvalue weighted by Crippen LogP contribution is 2.54. The quantitative estimate of drug-likeness (QED) is 0.0994. The number of carbonyl (C=O) groups excluding carboxylic acids is 3. The number of piperidine rings is 2. The van der Waals surface area contributed by atoms with E-state index in [0.717, 1.165) is 105 Å². The number of ether oxygens (including phenoxy) is 2. The summed E-state index contributed by atoms with van der Waals surface area (Å²) < 4.78 is 10.2. The first kappa shape index (κ1) is 41.7. The molecule has 3 amide bonds. The number of carbonyl (C=O) groups is 3. The molecule has 13 heteroatoms. The van der Waals surface area contributed by atoms with Gasteiger partial charge in [0, 0.05) is 36.6 Å². The second-order valence-electron chi connectivity index (χ2n) is 19.2. The number of aromatic amines is 2. The number of likely N-dealkylation sites (tertiary alicyclic amines) is 2. The van der Waals surface area contributed by atoms with E-state index in [4.69, 9.17) is 19.4 Å². The molecule has 6 atom stereocenters. The van der Waals surface area contributed by atoms with Gasteiger partial charge in [-0.25, -0.2) is 14.8 Å². The van der Waals surface area contributed by atoms with Crippen molar-refractivity contribution in [2.75, 3.05) is 27.3 Å². The van der Waals surface area contributed by atoms with E-state index in [1.807, 2.05) is 45.0 Å². The summed E-state index contributed by atoms with van der Waals surface area (Å²) in [6.07, 6.45) is 13.3. The first-order chi connectivity index (χ1) is 29.8. The number of nitrogens with zero attached hydrogens (tertiary/aromatic N) is 4. The minimum Gasteiger partial charge on any atom is -0.483 e. The van der Waals surface area contributed by atoms with E-state index in [2.05, 4.69) is 68.5 Å². The van der Waals surface area contributed by atoms with E-state index in [-0.39, 0.29) is 23.7 Å². The highest BCUT2D eigenvalue weighted by atomic mass is 16.5. The molecule has 9 rings (SSSR count). The lowest BCUT2D eigenvalue weighted by Crippen LogP contribution is -2.56. The molecule has 4 N–H and O–H groups in total. The molecular formula is C49H62N8O5. The zero-order valence-electron chi connectivity index (χ0n) is 37.1. The zero-order valence-corrected chi connectivity index (χ0v) is 37.1. The fraction of sp³-hybridized carbons (Fsp3) is 0.531. The highest BCUT2D eigenvalue weighted by molar-refractivity contribution is 5.87. The van der Waals surface area contributed by atoms with Crippen molar-refractivity contribution >= 4 is 17.9 Å². The molecule has 2 saturated carbocycles. The number of benzene rings is 2. The number of amides is 3. The summed E-state index contributed by atoms with van der Waals surface area (Å²) in [5.41, 5.74) is 8.12. The van der Waals surface area contributed by atoms with Crippen molar-refractivity contribution in [2.24, 2.45) is 23.7 Å². The Morgan fingerprint density at radius 3 is 1.74 bits per heavy atom. The number of aromatic nitrogens is 4. The molecule has 0 radical (unpaired) electrons. The van der Waals surface area contributed by atoms with Crippen LogP contribution in [-0.2, 0) is 43.0 Å². The standard InChI is InChI=1S/C49H62N8O5/c1-28(2)41(52-30(5)61-6)43(58)56-26-31-18-20-48(56,22-31)45-50-24-39(53-45)34-14-12-33(13-15-34)35-16-17-38(37-11-9-8-10-36(35)37)40-25-51-46(54-40)49-21-19-32(23-49)27-57(49)44(59)42(29(3)4)55-47(60)62-7/h12-17,24-25,28-29,31-32,41-42,52H,5,8-11,18-23,26-27H2,1-4,6-7H3,(H,50,53)(H,51,54)(H,55,60)/t31-,32-,41+,42+,48+,49+/m1/s1. The van der Waals surface area contributed by atoms with Gasteiger partial charge in [-0.1, -0.05) is 64.1 Å². The van der Waals surface area contributed by atoms with Crippen LogP contribution in [0.3, 0.4) is 0 Å². The van der Waals surface area contributed by atoms with Crippen LogP contribution >= 0.6 is 0 Å². The molecule has 4 aromatic rings. The van der Waals surface area contributed by atoms with E-state index in [1.165, 1.54) is 29.4 Å².